The molecule has 0 bridgehead atoms. The topological polar surface area (TPSA) is 38.0 Å². The predicted molar refractivity (Wildman–Crippen MR) is 55.8 cm³/mol. The molecule has 1 aromatic heterocycles. The third kappa shape index (κ3) is 2.90. The molecule has 1 rings (SSSR count). The molecule has 14 heavy (non-hydrogen) atoms. The molecule has 0 atom stereocenters. The third-order valence-electron chi connectivity index (χ3n) is 1.95. The normalized spacial score (nSPS) is 9.64. The fourth-order valence-electron chi connectivity index (χ4n) is 1.13. The van der Waals surface area contributed by atoms with Crippen LogP contribution in [0.4, 0.5) is 0 Å². The summed E-state index contributed by atoms with van der Waals surface area (Å²) in [6.07, 6.45) is 3.45. The molecule has 1 heterocycles. The standard InChI is InChI=1S/C11H16N2O/c1-3-13-9-11(10(2)12-13)7-5-4-6-8-14/h9,14H,3-4,6,8H2,1-2H3. The second-order valence-electron chi connectivity index (χ2n) is 3.11. The highest BCUT2D eigenvalue weighted by Gasteiger charge is 1.99. The van der Waals surface area contributed by atoms with Crippen LogP contribution < -0.4 is 0 Å². The average molecular weight is 192 g/mol. The number of aromatic nitrogens is 2. The first-order valence-electron chi connectivity index (χ1n) is 4.91. The van der Waals surface area contributed by atoms with Gasteiger partial charge in [0.05, 0.1) is 11.3 Å². The van der Waals surface area contributed by atoms with Crippen molar-refractivity contribution < 1.29 is 5.11 Å². The Kier molecular flexibility index (Phi) is 4.21. The van der Waals surface area contributed by atoms with Gasteiger partial charge >= 0.3 is 0 Å². The second-order valence-corrected chi connectivity index (χ2v) is 3.11. The Labute approximate surface area is 84.8 Å². The van der Waals surface area contributed by atoms with Crippen molar-refractivity contribution in [1.29, 1.82) is 0 Å². The van der Waals surface area contributed by atoms with Crippen molar-refractivity contribution in [3.05, 3.63) is 17.5 Å². The van der Waals surface area contributed by atoms with Crippen LogP contribution in [0.1, 0.15) is 31.0 Å². The number of rotatable bonds is 3. The fourth-order valence-corrected chi connectivity index (χ4v) is 1.13. The lowest BCUT2D eigenvalue weighted by molar-refractivity contribution is 0.290. The van der Waals surface area contributed by atoms with Crippen LogP contribution in [-0.2, 0) is 6.54 Å². The van der Waals surface area contributed by atoms with Gasteiger partial charge in [0.25, 0.3) is 0 Å². The Morgan fingerprint density at radius 1 is 1.57 bits per heavy atom. The summed E-state index contributed by atoms with van der Waals surface area (Å²) in [4.78, 5) is 0. The monoisotopic (exact) mass is 192 g/mol. The van der Waals surface area contributed by atoms with Crippen LogP contribution >= 0.6 is 0 Å². The van der Waals surface area contributed by atoms with Gasteiger partial charge in [-0.2, -0.15) is 5.10 Å². The van der Waals surface area contributed by atoms with Crippen LogP contribution in [0, 0.1) is 18.8 Å². The van der Waals surface area contributed by atoms with Crippen LogP contribution in [0.15, 0.2) is 6.20 Å². The van der Waals surface area contributed by atoms with E-state index in [0.717, 1.165) is 30.6 Å². The summed E-state index contributed by atoms with van der Waals surface area (Å²) in [6, 6.07) is 0. The van der Waals surface area contributed by atoms with Crippen LogP contribution in [-0.4, -0.2) is 21.5 Å². The maximum atomic E-state index is 8.58. The maximum absolute atomic E-state index is 8.58. The Morgan fingerprint density at radius 3 is 2.93 bits per heavy atom. The molecule has 0 unspecified atom stereocenters. The Balaban J connectivity index is 2.64. The third-order valence-corrected chi connectivity index (χ3v) is 1.95. The molecule has 0 spiro atoms. The lowest BCUT2D eigenvalue weighted by Crippen LogP contribution is -1.93. The lowest BCUT2D eigenvalue weighted by atomic mass is 10.2. The van der Waals surface area contributed by atoms with E-state index in [4.69, 9.17) is 5.11 Å². The predicted octanol–water partition coefficient (Wildman–Crippen LogP) is 1.34. The van der Waals surface area contributed by atoms with Crippen molar-refractivity contribution >= 4 is 0 Å². The minimum atomic E-state index is 0.210. The van der Waals surface area contributed by atoms with Crippen molar-refractivity contribution in [2.24, 2.45) is 0 Å². The molecule has 0 fully saturated rings. The zero-order chi connectivity index (χ0) is 10.4. The number of aliphatic hydroxyl groups is 1. The molecule has 0 aliphatic heterocycles. The van der Waals surface area contributed by atoms with Gasteiger partial charge in [-0.3, -0.25) is 4.68 Å². The summed E-state index contributed by atoms with van der Waals surface area (Å²) in [7, 11) is 0. The molecule has 0 saturated carbocycles. The van der Waals surface area contributed by atoms with E-state index in [1.165, 1.54) is 0 Å². The fraction of sp³-hybridized carbons (Fsp3) is 0.545. The molecule has 3 heteroatoms. The van der Waals surface area contributed by atoms with E-state index in [-0.39, 0.29) is 6.61 Å². The molecule has 0 radical (unpaired) electrons. The molecule has 1 aromatic rings. The minimum Gasteiger partial charge on any atom is -0.396 e. The van der Waals surface area contributed by atoms with Gasteiger partial charge in [-0.05, 0) is 20.3 Å². The number of aliphatic hydroxyl groups excluding tert-OH is 1. The Bertz CT molecular complexity index is 344. The van der Waals surface area contributed by atoms with Gasteiger partial charge < -0.3 is 5.11 Å². The highest BCUT2D eigenvalue weighted by molar-refractivity contribution is 5.35. The van der Waals surface area contributed by atoms with Crippen LogP contribution in [0.25, 0.3) is 0 Å². The molecule has 0 saturated heterocycles. The zero-order valence-electron chi connectivity index (χ0n) is 8.75. The van der Waals surface area contributed by atoms with Crippen LogP contribution in [0.5, 0.6) is 0 Å². The van der Waals surface area contributed by atoms with E-state index in [1.807, 2.05) is 17.8 Å². The molecular formula is C11H16N2O. The quantitative estimate of drug-likeness (QED) is 0.579. The van der Waals surface area contributed by atoms with E-state index >= 15 is 0 Å². The first kappa shape index (κ1) is 10.8. The summed E-state index contributed by atoms with van der Waals surface area (Å²) in [5.74, 6) is 6.08. The van der Waals surface area contributed by atoms with E-state index < -0.39 is 0 Å². The van der Waals surface area contributed by atoms with Crippen molar-refractivity contribution in [3.63, 3.8) is 0 Å². The largest absolute Gasteiger partial charge is 0.396 e. The molecule has 1 N–H and O–H groups in total. The van der Waals surface area contributed by atoms with Gasteiger partial charge in [-0.1, -0.05) is 11.8 Å². The molecule has 0 aliphatic rings. The average Bonchev–Trinajstić information content (AvgIpc) is 2.54. The zero-order valence-corrected chi connectivity index (χ0v) is 8.75. The number of hydrogen-bond donors (Lipinski definition) is 1. The van der Waals surface area contributed by atoms with Crippen molar-refractivity contribution in [2.45, 2.75) is 33.2 Å². The van der Waals surface area contributed by atoms with E-state index in [0.29, 0.717) is 0 Å². The molecule has 0 amide bonds. The van der Waals surface area contributed by atoms with Gasteiger partial charge in [0.1, 0.15) is 0 Å². The summed E-state index contributed by atoms with van der Waals surface area (Å²) in [6.45, 7) is 5.10. The van der Waals surface area contributed by atoms with Gasteiger partial charge in [0.15, 0.2) is 0 Å². The van der Waals surface area contributed by atoms with Gasteiger partial charge in [0.2, 0.25) is 0 Å². The van der Waals surface area contributed by atoms with Gasteiger partial charge in [-0.15, -0.1) is 0 Å². The SMILES string of the molecule is CCn1cc(C#CCCCO)c(C)n1. The second kappa shape index (κ2) is 5.46. The lowest BCUT2D eigenvalue weighted by Gasteiger charge is -1.88. The van der Waals surface area contributed by atoms with E-state index in [9.17, 15) is 0 Å². The summed E-state index contributed by atoms with van der Waals surface area (Å²) >= 11 is 0. The van der Waals surface area contributed by atoms with Gasteiger partial charge in [-0.25, -0.2) is 0 Å². The summed E-state index contributed by atoms with van der Waals surface area (Å²) < 4.78 is 1.88. The molecule has 0 aliphatic carbocycles. The van der Waals surface area contributed by atoms with E-state index in [1.54, 1.807) is 0 Å². The Morgan fingerprint density at radius 2 is 2.36 bits per heavy atom. The first-order chi connectivity index (χ1) is 6.77. The number of unbranched alkanes of at least 4 members (excludes halogenated alkanes) is 1. The molecule has 0 aromatic carbocycles. The maximum Gasteiger partial charge on any atom is 0.0750 e. The van der Waals surface area contributed by atoms with Crippen molar-refractivity contribution in [2.75, 3.05) is 6.61 Å². The van der Waals surface area contributed by atoms with Crippen LogP contribution in [0.3, 0.4) is 0 Å². The van der Waals surface area contributed by atoms with E-state index in [2.05, 4.69) is 23.9 Å². The number of hydrogen-bond acceptors (Lipinski definition) is 2. The Hall–Kier alpha value is -1.27. The van der Waals surface area contributed by atoms with Gasteiger partial charge in [0, 0.05) is 25.8 Å². The molecule has 76 valence electrons. The highest BCUT2D eigenvalue weighted by Crippen LogP contribution is 2.03. The summed E-state index contributed by atoms with van der Waals surface area (Å²) in [5, 5.41) is 12.9. The number of aryl methyl sites for hydroxylation is 2. The smallest absolute Gasteiger partial charge is 0.0750 e. The molecular weight excluding hydrogens is 176 g/mol. The minimum absolute atomic E-state index is 0.210. The van der Waals surface area contributed by atoms with Crippen molar-refractivity contribution in [3.8, 4) is 11.8 Å². The summed E-state index contributed by atoms with van der Waals surface area (Å²) in [5.41, 5.74) is 1.97. The van der Waals surface area contributed by atoms with Crippen LogP contribution in [0.2, 0.25) is 0 Å². The first-order valence-corrected chi connectivity index (χ1v) is 4.91. The number of nitrogens with zero attached hydrogens (tertiary/aromatic N) is 2. The molecule has 3 nitrogen and oxygen atoms in total. The highest BCUT2D eigenvalue weighted by atomic mass is 16.2. The van der Waals surface area contributed by atoms with Crippen molar-refractivity contribution in [1.82, 2.24) is 9.78 Å².